The second-order valence-corrected chi connectivity index (χ2v) is 11.8. The zero-order valence-corrected chi connectivity index (χ0v) is 25.7. The van der Waals surface area contributed by atoms with E-state index in [4.69, 9.17) is 10.7 Å². The minimum atomic E-state index is -0.786. The van der Waals surface area contributed by atoms with E-state index in [0.29, 0.717) is 5.56 Å². The summed E-state index contributed by atoms with van der Waals surface area (Å²) in [5.74, 6) is -1.91. The van der Waals surface area contributed by atoms with Crippen LogP contribution in [-0.4, -0.2) is 12.1 Å². The zero-order chi connectivity index (χ0) is 31.4. The third kappa shape index (κ3) is 5.53. The smallest absolute Gasteiger partial charge is 0.251 e. The fourth-order valence-corrected chi connectivity index (χ4v) is 7.02. The van der Waals surface area contributed by atoms with Crippen LogP contribution in [0.15, 0.2) is 144 Å². The summed E-state index contributed by atoms with van der Waals surface area (Å²) < 4.78 is 16.1. The summed E-state index contributed by atoms with van der Waals surface area (Å²) in [6.45, 7) is 4.11. The van der Waals surface area contributed by atoms with Crippen molar-refractivity contribution in [3.05, 3.63) is 189 Å². The number of carbonyl (C=O) groups excluding carboxylic acids is 1. The number of allylic oxidation sites excluding steroid dienone is 2. The van der Waals surface area contributed by atoms with Crippen molar-refractivity contribution in [2.75, 3.05) is 0 Å². The first kappa shape index (κ1) is 30.0. The number of hydrogen-bond acceptors (Lipinski definition) is 2. The molecular weight excluding hydrogens is 555 g/mol. The molecule has 45 heavy (non-hydrogen) atoms. The van der Waals surface area contributed by atoms with Crippen molar-refractivity contribution in [3.8, 4) is 0 Å². The van der Waals surface area contributed by atoms with Gasteiger partial charge in [-0.3, -0.25) is 9.79 Å². The van der Waals surface area contributed by atoms with Crippen LogP contribution in [0, 0.1) is 25.6 Å². The Kier molecular flexibility index (Phi) is 8.57. The average Bonchev–Trinajstić information content (AvgIpc) is 3.32. The van der Waals surface area contributed by atoms with Gasteiger partial charge in [0.25, 0.3) is 5.91 Å². The van der Waals surface area contributed by atoms with Crippen LogP contribution in [-0.2, 0) is 5.41 Å². The molecule has 5 aromatic carbocycles. The third-order valence-electron chi connectivity index (χ3n) is 9.34. The van der Waals surface area contributed by atoms with Crippen LogP contribution in [0.4, 0.5) is 4.39 Å². The van der Waals surface area contributed by atoms with Gasteiger partial charge in [0.2, 0.25) is 0 Å². The van der Waals surface area contributed by atoms with Gasteiger partial charge < -0.3 is 5.73 Å². The van der Waals surface area contributed by atoms with E-state index in [2.05, 4.69) is 123 Å². The molecular formula is C41H37FN2O. The van der Waals surface area contributed by atoms with Crippen LogP contribution >= 0.6 is 0 Å². The predicted octanol–water partition coefficient (Wildman–Crippen LogP) is 9.07. The van der Waals surface area contributed by atoms with Gasteiger partial charge in [-0.1, -0.05) is 127 Å². The second kappa shape index (κ2) is 12.9. The SMILES string of the molecule is Cc1cccc(C(C2=CCCC(C(c3ccccc3)(c3ccccc3)c3ccccc3)C=N2)c2cccc(C(N)=O)c2F)c1C. The Morgan fingerprint density at radius 1 is 0.756 bits per heavy atom. The normalized spacial score (nSPS) is 15.6. The van der Waals surface area contributed by atoms with E-state index >= 15 is 4.39 Å². The van der Waals surface area contributed by atoms with Crippen LogP contribution in [0.5, 0.6) is 0 Å². The molecule has 0 saturated heterocycles. The molecule has 1 heterocycles. The van der Waals surface area contributed by atoms with E-state index in [0.717, 1.165) is 35.2 Å². The topological polar surface area (TPSA) is 55.4 Å². The molecule has 0 radical (unpaired) electrons. The molecule has 1 aliphatic heterocycles. The molecule has 1 amide bonds. The maximum atomic E-state index is 16.1. The van der Waals surface area contributed by atoms with Gasteiger partial charge in [-0.15, -0.1) is 0 Å². The number of benzene rings is 5. The van der Waals surface area contributed by atoms with Gasteiger partial charge in [0.1, 0.15) is 5.82 Å². The minimum Gasteiger partial charge on any atom is -0.366 e. The number of nitrogens with zero attached hydrogens (tertiary/aromatic N) is 1. The highest BCUT2D eigenvalue weighted by molar-refractivity contribution is 5.93. The summed E-state index contributed by atoms with van der Waals surface area (Å²) in [7, 11) is 0. The lowest BCUT2D eigenvalue weighted by atomic mass is 9.61. The van der Waals surface area contributed by atoms with E-state index in [9.17, 15) is 4.79 Å². The van der Waals surface area contributed by atoms with Gasteiger partial charge in [-0.2, -0.15) is 0 Å². The summed E-state index contributed by atoms with van der Waals surface area (Å²) in [6.07, 6.45) is 5.80. The van der Waals surface area contributed by atoms with Gasteiger partial charge in [0.15, 0.2) is 0 Å². The van der Waals surface area contributed by atoms with E-state index in [1.807, 2.05) is 12.1 Å². The highest BCUT2D eigenvalue weighted by atomic mass is 19.1. The van der Waals surface area contributed by atoms with Gasteiger partial charge in [-0.25, -0.2) is 4.39 Å². The number of hydrogen-bond donors (Lipinski definition) is 1. The molecule has 0 saturated carbocycles. The van der Waals surface area contributed by atoms with Gasteiger partial charge in [-0.05, 0) is 66.1 Å². The summed E-state index contributed by atoms with van der Waals surface area (Å²) >= 11 is 0. The predicted molar refractivity (Wildman–Crippen MR) is 181 cm³/mol. The monoisotopic (exact) mass is 592 g/mol. The van der Waals surface area contributed by atoms with Crippen molar-refractivity contribution in [2.45, 2.75) is 38.0 Å². The Hall–Kier alpha value is -5.09. The average molecular weight is 593 g/mol. The highest BCUT2D eigenvalue weighted by Gasteiger charge is 2.43. The number of aliphatic imine (C=N–C) groups is 1. The first-order valence-electron chi connectivity index (χ1n) is 15.5. The molecule has 1 aliphatic rings. The number of nitrogens with two attached hydrogens (primary N) is 1. The number of amides is 1. The molecule has 3 nitrogen and oxygen atoms in total. The first-order chi connectivity index (χ1) is 21.9. The van der Waals surface area contributed by atoms with E-state index in [1.165, 1.54) is 22.8 Å². The Labute approximate surface area is 265 Å². The Morgan fingerprint density at radius 3 is 1.84 bits per heavy atom. The molecule has 5 aromatic rings. The summed E-state index contributed by atoms with van der Waals surface area (Å²) in [5, 5.41) is 0. The number of rotatable bonds is 8. The Bertz CT molecular complexity index is 1770. The molecule has 2 unspecified atom stereocenters. The van der Waals surface area contributed by atoms with Crippen molar-refractivity contribution in [1.29, 1.82) is 0 Å². The van der Waals surface area contributed by atoms with E-state index in [1.54, 1.807) is 12.1 Å². The van der Waals surface area contributed by atoms with Gasteiger partial charge in [0, 0.05) is 23.4 Å². The highest BCUT2D eigenvalue weighted by Crippen LogP contribution is 2.48. The lowest BCUT2D eigenvalue weighted by Crippen LogP contribution is -2.39. The maximum Gasteiger partial charge on any atom is 0.251 e. The zero-order valence-electron chi connectivity index (χ0n) is 25.7. The van der Waals surface area contributed by atoms with Crippen LogP contribution < -0.4 is 5.73 Å². The molecule has 0 aromatic heterocycles. The van der Waals surface area contributed by atoms with E-state index < -0.39 is 23.1 Å². The van der Waals surface area contributed by atoms with Crippen LogP contribution in [0.3, 0.4) is 0 Å². The molecule has 6 rings (SSSR count). The molecule has 0 fully saturated rings. The summed E-state index contributed by atoms with van der Waals surface area (Å²) in [5.41, 5.74) is 12.8. The van der Waals surface area contributed by atoms with Crippen molar-refractivity contribution in [2.24, 2.45) is 16.6 Å². The lowest BCUT2D eigenvalue weighted by Gasteiger charge is -2.41. The van der Waals surface area contributed by atoms with Gasteiger partial charge in [0.05, 0.1) is 16.9 Å². The molecule has 4 heteroatoms. The standard InChI is InChI=1S/C41H37FN2O/c1-28-15-12-23-34(29(28)2)38(35-24-14-25-36(39(35)42)40(43)45)37-26-13-22-33(27-44-37)41(30-16-6-3-7-17-30,31-18-8-4-9-19-31)32-20-10-5-11-21-32/h3-12,14-21,23-27,33,38H,13,22H2,1-2H3,(H2,43,45). The molecule has 224 valence electrons. The fourth-order valence-electron chi connectivity index (χ4n) is 7.02. The van der Waals surface area contributed by atoms with Crippen molar-refractivity contribution in [1.82, 2.24) is 0 Å². The number of halogens is 1. The Balaban J connectivity index is 1.55. The molecule has 2 atom stereocenters. The quantitative estimate of drug-likeness (QED) is 0.180. The van der Waals surface area contributed by atoms with Crippen LogP contribution in [0.25, 0.3) is 0 Å². The minimum absolute atomic E-state index is 0.0143. The fraction of sp³-hybridized carbons (Fsp3) is 0.171. The molecule has 0 aliphatic carbocycles. The third-order valence-corrected chi connectivity index (χ3v) is 9.34. The molecule has 0 bridgehead atoms. The number of aryl methyl sites for hydroxylation is 1. The lowest BCUT2D eigenvalue weighted by molar-refractivity contribution is 0.0996. The van der Waals surface area contributed by atoms with Crippen molar-refractivity contribution in [3.63, 3.8) is 0 Å². The second-order valence-electron chi connectivity index (χ2n) is 11.8. The molecule has 2 N–H and O–H groups in total. The summed E-state index contributed by atoms with van der Waals surface area (Å²) in [6, 6.07) is 42.9. The van der Waals surface area contributed by atoms with E-state index in [-0.39, 0.29) is 11.5 Å². The largest absolute Gasteiger partial charge is 0.366 e. The van der Waals surface area contributed by atoms with Crippen molar-refractivity contribution < 1.29 is 9.18 Å². The maximum absolute atomic E-state index is 16.1. The van der Waals surface area contributed by atoms with Crippen LogP contribution in [0.2, 0.25) is 0 Å². The van der Waals surface area contributed by atoms with Crippen LogP contribution in [0.1, 0.15) is 68.1 Å². The number of carbonyl (C=O) groups is 1. The van der Waals surface area contributed by atoms with Gasteiger partial charge >= 0.3 is 0 Å². The molecule has 0 spiro atoms. The Morgan fingerprint density at radius 2 is 1.29 bits per heavy atom. The first-order valence-corrected chi connectivity index (χ1v) is 15.5. The summed E-state index contributed by atoms with van der Waals surface area (Å²) in [4.78, 5) is 17.4. The number of primary amides is 1. The van der Waals surface area contributed by atoms with Crippen molar-refractivity contribution >= 4 is 12.1 Å².